The highest BCUT2D eigenvalue weighted by atomic mass is 35.5. The summed E-state index contributed by atoms with van der Waals surface area (Å²) in [6.07, 6.45) is 1.04. The molecule has 0 spiro atoms. The van der Waals surface area contributed by atoms with Gasteiger partial charge in [0.05, 0.1) is 0 Å². The highest BCUT2D eigenvalue weighted by Gasteiger charge is 2.25. The summed E-state index contributed by atoms with van der Waals surface area (Å²) in [6.45, 7) is 0.932. The largest absolute Gasteiger partial charge is 0.439 e. The Balaban J connectivity index is 1.84. The molecule has 0 saturated heterocycles. The molecule has 20 heavy (non-hydrogen) atoms. The predicted octanol–water partition coefficient (Wildman–Crippen LogP) is 3.72. The summed E-state index contributed by atoms with van der Waals surface area (Å²) < 4.78 is 5.89. The van der Waals surface area contributed by atoms with Gasteiger partial charge in [0.2, 0.25) is 5.89 Å². The molecule has 100 valence electrons. The van der Waals surface area contributed by atoms with E-state index in [1.165, 1.54) is 11.1 Å². The minimum Gasteiger partial charge on any atom is -0.439 e. The van der Waals surface area contributed by atoms with Crippen LogP contribution in [0.25, 0.3) is 11.1 Å². The van der Waals surface area contributed by atoms with Gasteiger partial charge in [-0.1, -0.05) is 35.9 Å². The van der Waals surface area contributed by atoms with Crippen molar-refractivity contribution in [1.29, 1.82) is 0 Å². The van der Waals surface area contributed by atoms with E-state index >= 15 is 0 Å². The maximum atomic E-state index is 5.99. The highest BCUT2D eigenvalue weighted by molar-refractivity contribution is 6.31. The van der Waals surface area contributed by atoms with Gasteiger partial charge in [0, 0.05) is 17.6 Å². The minimum atomic E-state index is 0.0196. The topological polar surface area (TPSA) is 38.1 Å². The van der Waals surface area contributed by atoms with Gasteiger partial charge in [-0.15, -0.1) is 0 Å². The van der Waals surface area contributed by atoms with E-state index in [1.807, 2.05) is 18.2 Å². The number of halogens is 1. The van der Waals surface area contributed by atoms with Crippen LogP contribution in [0.4, 0.5) is 0 Å². The summed E-state index contributed by atoms with van der Waals surface area (Å²) in [5.74, 6) is 0.703. The number of fused-ring (bicyclic) bond motifs is 2. The summed E-state index contributed by atoms with van der Waals surface area (Å²) in [5, 5.41) is 4.14. The van der Waals surface area contributed by atoms with Crippen molar-refractivity contribution in [3.63, 3.8) is 0 Å². The van der Waals surface area contributed by atoms with Crippen LogP contribution >= 0.6 is 11.6 Å². The Morgan fingerprint density at radius 1 is 1.20 bits per heavy atom. The first kappa shape index (κ1) is 11.9. The van der Waals surface area contributed by atoms with Crippen LogP contribution in [0.1, 0.15) is 23.1 Å². The highest BCUT2D eigenvalue weighted by Crippen LogP contribution is 2.30. The third kappa shape index (κ3) is 1.90. The second kappa shape index (κ2) is 4.62. The van der Waals surface area contributed by atoms with Crippen molar-refractivity contribution < 1.29 is 4.42 Å². The van der Waals surface area contributed by atoms with Crippen LogP contribution in [0.15, 0.2) is 46.9 Å². The van der Waals surface area contributed by atoms with Gasteiger partial charge in [0.25, 0.3) is 0 Å². The molecule has 1 unspecified atom stereocenters. The van der Waals surface area contributed by atoms with Gasteiger partial charge in [-0.2, -0.15) is 0 Å². The van der Waals surface area contributed by atoms with Gasteiger partial charge in [-0.25, -0.2) is 4.98 Å². The lowest BCUT2D eigenvalue weighted by Crippen LogP contribution is -2.30. The molecule has 0 fully saturated rings. The second-order valence-electron chi connectivity index (χ2n) is 5.00. The van der Waals surface area contributed by atoms with Gasteiger partial charge < -0.3 is 9.73 Å². The molecule has 2 heterocycles. The van der Waals surface area contributed by atoms with Crippen molar-refractivity contribution in [3.8, 4) is 0 Å². The van der Waals surface area contributed by atoms with E-state index in [4.69, 9.17) is 16.0 Å². The van der Waals surface area contributed by atoms with E-state index in [9.17, 15) is 0 Å². The summed E-state index contributed by atoms with van der Waals surface area (Å²) in [5.41, 5.74) is 4.18. The Hall–Kier alpha value is -1.84. The Labute approximate surface area is 121 Å². The number of hydrogen-bond donors (Lipinski definition) is 1. The zero-order chi connectivity index (χ0) is 13.5. The normalized spacial score (nSPS) is 18.1. The first-order chi connectivity index (χ1) is 9.81. The van der Waals surface area contributed by atoms with Crippen molar-refractivity contribution in [1.82, 2.24) is 10.3 Å². The smallest absolute Gasteiger partial charge is 0.217 e. The van der Waals surface area contributed by atoms with E-state index in [-0.39, 0.29) is 6.04 Å². The summed E-state index contributed by atoms with van der Waals surface area (Å²) in [4.78, 5) is 4.59. The van der Waals surface area contributed by atoms with Gasteiger partial charge >= 0.3 is 0 Å². The molecule has 4 rings (SSSR count). The molecular formula is C16H13ClN2O. The zero-order valence-corrected chi connectivity index (χ0v) is 11.5. The molecule has 2 aromatic carbocycles. The van der Waals surface area contributed by atoms with Crippen LogP contribution in [0.2, 0.25) is 5.02 Å². The maximum absolute atomic E-state index is 5.99. The van der Waals surface area contributed by atoms with Gasteiger partial charge in [-0.3, -0.25) is 0 Å². The number of oxazole rings is 1. The molecule has 0 bridgehead atoms. The average Bonchev–Trinajstić information content (AvgIpc) is 2.89. The van der Waals surface area contributed by atoms with E-state index in [0.717, 1.165) is 24.1 Å². The fourth-order valence-electron chi connectivity index (χ4n) is 2.76. The van der Waals surface area contributed by atoms with Crippen LogP contribution in [0.5, 0.6) is 0 Å². The Bertz CT molecular complexity index is 781. The standard InChI is InChI=1S/C16H13ClN2O/c17-11-5-6-13-14(9-11)20-16(19-13)15-12-4-2-1-3-10(12)7-8-18-15/h1-6,9,15,18H,7-8H2. The van der Waals surface area contributed by atoms with Crippen LogP contribution < -0.4 is 5.32 Å². The number of nitrogens with one attached hydrogen (secondary N) is 1. The third-order valence-corrected chi connectivity index (χ3v) is 3.96. The van der Waals surface area contributed by atoms with Gasteiger partial charge in [-0.05, 0) is 29.7 Å². The lowest BCUT2D eigenvalue weighted by molar-refractivity contribution is 0.439. The molecule has 0 saturated carbocycles. The third-order valence-electron chi connectivity index (χ3n) is 3.72. The van der Waals surface area contributed by atoms with Gasteiger partial charge in [0.15, 0.2) is 5.58 Å². The minimum absolute atomic E-state index is 0.0196. The van der Waals surface area contributed by atoms with Crippen molar-refractivity contribution >= 4 is 22.7 Å². The first-order valence-electron chi connectivity index (χ1n) is 6.68. The lowest BCUT2D eigenvalue weighted by atomic mass is 9.94. The molecule has 1 N–H and O–H groups in total. The lowest BCUT2D eigenvalue weighted by Gasteiger charge is -2.24. The van der Waals surface area contributed by atoms with E-state index in [2.05, 4.69) is 34.6 Å². The van der Waals surface area contributed by atoms with Crippen LogP contribution in [-0.2, 0) is 6.42 Å². The number of nitrogens with zero attached hydrogens (tertiary/aromatic N) is 1. The summed E-state index contributed by atoms with van der Waals surface area (Å²) in [6, 6.07) is 14.0. The molecule has 1 atom stereocenters. The van der Waals surface area contributed by atoms with Crippen molar-refractivity contribution in [2.45, 2.75) is 12.5 Å². The SMILES string of the molecule is Clc1ccc2nc(C3NCCc4ccccc43)oc2c1. The Kier molecular flexibility index (Phi) is 2.76. The Morgan fingerprint density at radius 3 is 3.05 bits per heavy atom. The fourth-order valence-corrected chi connectivity index (χ4v) is 2.93. The number of rotatable bonds is 1. The molecule has 3 aromatic rings. The van der Waals surface area contributed by atoms with Crippen molar-refractivity contribution in [2.75, 3.05) is 6.54 Å². The molecule has 1 aliphatic heterocycles. The van der Waals surface area contributed by atoms with Crippen LogP contribution in [0.3, 0.4) is 0 Å². The summed E-state index contributed by atoms with van der Waals surface area (Å²) in [7, 11) is 0. The van der Waals surface area contributed by atoms with E-state index < -0.39 is 0 Å². The zero-order valence-electron chi connectivity index (χ0n) is 10.8. The van der Waals surface area contributed by atoms with E-state index in [0.29, 0.717) is 10.9 Å². The molecule has 0 aliphatic carbocycles. The Morgan fingerprint density at radius 2 is 2.10 bits per heavy atom. The number of benzene rings is 2. The molecular weight excluding hydrogens is 272 g/mol. The van der Waals surface area contributed by atoms with Crippen molar-refractivity contribution in [3.05, 3.63) is 64.5 Å². The quantitative estimate of drug-likeness (QED) is 0.740. The number of aromatic nitrogens is 1. The summed E-state index contributed by atoms with van der Waals surface area (Å²) >= 11 is 5.99. The molecule has 1 aromatic heterocycles. The average molecular weight is 285 g/mol. The number of hydrogen-bond acceptors (Lipinski definition) is 3. The van der Waals surface area contributed by atoms with Crippen molar-refractivity contribution in [2.24, 2.45) is 0 Å². The van der Waals surface area contributed by atoms with E-state index in [1.54, 1.807) is 0 Å². The molecule has 3 nitrogen and oxygen atoms in total. The predicted molar refractivity (Wildman–Crippen MR) is 79.0 cm³/mol. The molecule has 0 radical (unpaired) electrons. The molecule has 4 heteroatoms. The maximum Gasteiger partial charge on any atom is 0.217 e. The molecule has 1 aliphatic rings. The van der Waals surface area contributed by atoms with Crippen LogP contribution in [0, 0.1) is 0 Å². The first-order valence-corrected chi connectivity index (χ1v) is 7.06. The fraction of sp³-hybridized carbons (Fsp3) is 0.188. The second-order valence-corrected chi connectivity index (χ2v) is 5.44. The van der Waals surface area contributed by atoms with Crippen LogP contribution in [-0.4, -0.2) is 11.5 Å². The monoisotopic (exact) mass is 284 g/mol. The van der Waals surface area contributed by atoms with Gasteiger partial charge in [0.1, 0.15) is 11.6 Å². The molecule has 0 amide bonds.